The third kappa shape index (κ3) is 4.50. The average Bonchev–Trinajstić information content (AvgIpc) is 3.68. The van der Waals surface area contributed by atoms with E-state index in [2.05, 4.69) is 52.7 Å². The molecular weight excluding hydrogens is 444 g/mol. The minimum Gasteiger partial charge on any atom is -0.497 e. The summed E-state index contributed by atoms with van der Waals surface area (Å²) >= 11 is 1.73. The standard InChI is InChI=1S/C27H34N4O2S/c1-17-19(3)34-26-24(17)25(28-16-29-26)30-13-11-22(12-14-30)27(32)31(18(2)21-7-8-21)15-20-5-9-23(33-4)10-6-20/h5-6,9-10,16,18,21-22H,7-8,11-15H2,1-4H3. The molecule has 0 N–H and O–H groups in total. The van der Waals surface area contributed by atoms with Gasteiger partial charge in [-0.2, -0.15) is 0 Å². The third-order valence-corrected chi connectivity index (χ3v) is 8.80. The van der Waals surface area contributed by atoms with Crippen LogP contribution in [0.1, 0.15) is 48.6 Å². The summed E-state index contributed by atoms with van der Waals surface area (Å²) in [7, 11) is 1.68. The molecule has 1 atom stereocenters. The number of ether oxygens (including phenoxy) is 1. The van der Waals surface area contributed by atoms with E-state index in [0.29, 0.717) is 18.4 Å². The van der Waals surface area contributed by atoms with Crippen LogP contribution in [0.2, 0.25) is 0 Å². The van der Waals surface area contributed by atoms with Gasteiger partial charge in [0.1, 0.15) is 22.7 Å². The predicted octanol–water partition coefficient (Wildman–Crippen LogP) is 5.36. The van der Waals surface area contributed by atoms with Crippen molar-refractivity contribution < 1.29 is 9.53 Å². The lowest BCUT2D eigenvalue weighted by Crippen LogP contribution is -2.46. The van der Waals surface area contributed by atoms with E-state index in [1.54, 1.807) is 24.8 Å². The maximum absolute atomic E-state index is 13.8. The fourth-order valence-electron chi connectivity index (χ4n) is 5.16. The number of carbonyl (C=O) groups is 1. The summed E-state index contributed by atoms with van der Waals surface area (Å²) in [5.41, 5.74) is 2.43. The normalized spacial score (nSPS) is 17.7. The van der Waals surface area contributed by atoms with E-state index in [1.165, 1.54) is 28.7 Å². The summed E-state index contributed by atoms with van der Waals surface area (Å²) in [5, 5.41) is 1.18. The highest BCUT2D eigenvalue weighted by atomic mass is 32.1. The highest BCUT2D eigenvalue weighted by Gasteiger charge is 2.37. The first-order chi connectivity index (χ1) is 16.5. The maximum Gasteiger partial charge on any atom is 0.226 e. The fraction of sp³-hybridized carbons (Fsp3) is 0.519. The van der Waals surface area contributed by atoms with Crippen LogP contribution in [0.15, 0.2) is 30.6 Å². The molecule has 2 aromatic heterocycles. The van der Waals surface area contributed by atoms with Gasteiger partial charge >= 0.3 is 0 Å². The number of hydrogen-bond donors (Lipinski definition) is 0. The average molecular weight is 479 g/mol. The van der Waals surface area contributed by atoms with Crippen molar-refractivity contribution in [2.24, 2.45) is 11.8 Å². The first-order valence-corrected chi connectivity index (χ1v) is 13.2. The number of carbonyl (C=O) groups excluding carboxylic acids is 1. The van der Waals surface area contributed by atoms with Crippen LogP contribution in [-0.4, -0.2) is 47.0 Å². The Balaban J connectivity index is 1.30. The van der Waals surface area contributed by atoms with Gasteiger partial charge in [0.2, 0.25) is 5.91 Å². The van der Waals surface area contributed by atoms with Crippen molar-refractivity contribution in [3.63, 3.8) is 0 Å². The zero-order valence-corrected chi connectivity index (χ0v) is 21.4. The molecule has 180 valence electrons. The molecule has 6 nitrogen and oxygen atoms in total. The van der Waals surface area contributed by atoms with Gasteiger partial charge in [-0.05, 0) is 75.6 Å². The van der Waals surface area contributed by atoms with Crippen LogP contribution in [0.3, 0.4) is 0 Å². The highest BCUT2D eigenvalue weighted by molar-refractivity contribution is 7.18. The fourth-order valence-corrected chi connectivity index (χ4v) is 6.15. The quantitative estimate of drug-likeness (QED) is 0.458. The number of fused-ring (bicyclic) bond motifs is 1. The van der Waals surface area contributed by atoms with Crippen LogP contribution < -0.4 is 9.64 Å². The second-order valence-corrected chi connectivity index (χ2v) is 11.0. The molecule has 1 amide bonds. The Labute approximate surface area is 206 Å². The minimum atomic E-state index is 0.0679. The molecule has 3 aromatic rings. The van der Waals surface area contributed by atoms with E-state index in [9.17, 15) is 4.79 Å². The zero-order valence-electron chi connectivity index (χ0n) is 20.6. The van der Waals surface area contributed by atoms with Gasteiger partial charge in [0.15, 0.2) is 0 Å². The monoisotopic (exact) mass is 478 g/mol. The molecule has 1 unspecified atom stereocenters. The summed E-state index contributed by atoms with van der Waals surface area (Å²) in [6.07, 6.45) is 5.87. The summed E-state index contributed by atoms with van der Waals surface area (Å²) in [5.74, 6) is 2.89. The zero-order chi connectivity index (χ0) is 23.8. The number of hydrogen-bond acceptors (Lipinski definition) is 6. The van der Waals surface area contributed by atoms with E-state index in [1.807, 2.05) is 12.1 Å². The van der Waals surface area contributed by atoms with Gasteiger partial charge in [-0.25, -0.2) is 9.97 Å². The minimum absolute atomic E-state index is 0.0679. The van der Waals surface area contributed by atoms with E-state index >= 15 is 0 Å². The molecule has 1 saturated heterocycles. The molecule has 5 rings (SSSR count). The van der Waals surface area contributed by atoms with Gasteiger partial charge in [-0.1, -0.05) is 12.1 Å². The predicted molar refractivity (Wildman–Crippen MR) is 138 cm³/mol. The van der Waals surface area contributed by atoms with Gasteiger partial charge in [0.25, 0.3) is 0 Å². The Morgan fingerprint density at radius 1 is 1.15 bits per heavy atom. The van der Waals surface area contributed by atoms with Crippen molar-refractivity contribution in [1.82, 2.24) is 14.9 Å². The lowest BCUT2D eigenvalue weighted by atomic mass is 9.93. The number of piperidine rings is 1. The number of methoxy groups -OCH3 is 1. The van der Waals surface area contributed by atoms with E-state index < -0.39 is 0 Å². The number of aryl methyl sites for hydroxylation is 2. The van der Waals surface area contributed by atoms with Crippen LogP contribution in [0, 0.1) is 25.7 Å². The number of thiophene rings is 1. The van der Waals surface area contributed by atoms with Crippen LogP contribution in [0.4, 0.5) is 5.82 Å². The third-order valence-electron chi connectivity index (χ3n) is 7.68. The van der Waals surface area contributed by atoms with Gasteiger partial charge < -0.3 is 14.5 Å². The van der Waals surface area contributed by atoms with Crippen LogP contribution >= 0.6 is 11.3 Å². The van der Waals surface area contributed by atoms with Gasteiger partial charge in [0.05, 0.1) is 12.5 Å². The molecule has 2 aliphatic rings. The number of amides is 1. The Bertz CT molecular complexity index is 1160. The highest BCUT2D eigenvalue weighted by Crippen LogP contribution is 2.38. The van der Waals surface area contributed by atoms with Crippen LogP contribution in [0.25, 0.3) is 10.2 Å². The summed E-state index contributed by atoms with van der Waals surface area (Å²) < 4.78 is 5.30. The topological polar surface area (TPSA) is 58.6 Å². The van der Waals surface area contributed by atoms with Crippen molar-refractivity contribution in [2.75, 3.05) is 25.1 Å². The molecular formula is C27H34N4O2S. The summed E-state index contributed by atoms with van der Waals surface area (Å²) in [4.78, 5) is 29.8. The van der Waals surface area contributed by atoms with Crippen LogP contribution in [0.5, 0.6) is 5.75 Å². The molecule has 7 heteroatoms. The van der Waals surface area contributed by atoms with Crippen molar-refractivity contribution >= 4 is 33.3 Å². The Hall–Kier alpha value is -2.67. The second kappa shape index (κ2) is 9.53. The molecule has 0 radical (unpaired) electrons. The van der Waals surface area contributed by atoms with E-state index in [4.69, 9.17) is 4.74 Å². The molecule has 2 fully saturated rings. The smallest absolute Gasteiger partial charge is 0.226 e. The number of rotatable bonds is 7. The number of benzene rings is 1. The van der Waals surface area contributed by atoms with Gasteiger partial charge in [0, 0.05) is 36.5 Å². The number of nitrogens with zero attached hydrogens (tertiary/aromatic N) is 4. The molecule has 3 heterocycles. The van der Waals surface area contributed by atoms with Crippen molar-refractivity contribution in [1.29, 1.82) is 0 Å². The van der Waals surface area contributed by atoms with Crippen molar-refractivity contribution in [3.05, 3.63) is 46.6 Å². The molecule has 1 aromatic carbocycles. The first-order valence-electron chi connectivity index (χ1n) is 12.3. The summed E-state index contributed by atoms with van der Waals surface area (Å²) in [6, 6.07) is 8.40. The maximum atomic E-state index is 13.8. The van der Waals surface area contributed by atoms with Gasteiger partial charge in [-0.3, -0.25) is 4.79 Å². The Morgan fingerprint density at radius 3 is 2.50 bits per heavy atom. The van der Waals surface area contributed by atoms with Crippen molar-refractivity contribution in [2.45, 2.75) is 59.0 Å². The SMILES string of the molecule is COc1ccc(CN(C(=O)C2CCN(c3ncnc4sc(C)c(C)c34)CC2)C(C)C2CC2)cc1. The second-order valence-electron chi connectivity index (χ2n) is 9.81. The van der Waals surface area contributed by atoms with E-state index in [-0.39, 0.29) is 12.0 Å². The molecule has 0 bridgehead atoms. The largest absolute Gasteiger partial charge is 0.497 e. The summed E-state index contributed by atoms with van der Waals surface area (Å²) in [6.45, 7) is 8.91. The Kier molecular flexibility index (Phi) is 6.47. The lowest BCUT2D eigenvalue weighted by molar-refractivity contribution is -0.139. The molecule has 1 aliphatic carbocycles. The molecule has 0 spiro atoms. The first kappa shape index (κ1) is 23.1. The van der Waals surface area contributed by atoms with Gasteiger partial charge in [-0.15, -0.1) is 11.3 Å². The molecule has 1 saturated carbocycles. The molecule has 1 aliphatic heterocycles. The lowest BCUT2D eigenvalue weighted by Gasteiger charge is -2.37. The van der Waals surface area contributed by atoms with E-state index in [0.717, 1.165) is 47.9 Å². The van der Waals surface area contributed by atoms with Crippen molar-refractivity contribution in [3.8, 4) is 5.75 Å². The van der Waals surface area contributed by atoms with Crippen LogP contribution in [-0.2, 0) is 11.3 Å². The number of aromatic nitrogens is 2. The Morgan fingerprint density at radius 2 is 1.85 bits per heavy atom. The number of anilines is 1. The molecule has 34 heavy (non-hydrogen) atoms.